The van der Waals surface area contributed by atoms with E-state index in [0.29, 0.717) is 32.6 Å². The van der Waals surface area contributed by atoms with Crippen molar-refractivity contribution in [2.24, 2.45) is 5.41 Å². The molecule has 0 bridgehead atoms. The highest BCUT2D eigenvalue weighted by molar-refractivity contribution is 5.85. The molecule has 5 nitrogen and oxygen atoms in total. The van der Waals surface area contributed by atoms with E-state index in [1.807, 2.05) is 19.9 Å². The fraction of sp³-hybridized carbons (Fsp3) is 0.733. The van der Waals surface area contributed by atoms with Gasteiger partial charge in [0.15, 0.2) is 0 Å². The number of nitrogens with one attached hydrogen (secondary N) is 1. The first-order chi connectivity index (χ1) is 10.3. The number of aryl methyl sites for hydroxylation is 1. The Bertz CT molecular complexity index is 574. The second-order valence-electron chi connectivity index (χ2n) is 6.64. The van der Waals surface area contributed by atoms with E-state index in [1.54, 1.807) is 9.80 Å². The molecule has 2 saturated heterocycles. The lowest BCUT2D eigenvalue weighted by Crippen LogP contribution is -2.55. The first-order valence-corrected chi connectivity index (χ1v) is 7.74. The number of hydrogen-bond donors (Lipinski definition) is 1. The first kappa shape index (κ1) is 15.4. The lowest BCUT2D eigenvalue weighted by molar-refractivity contribution is -0.155. The number of carbonyl (C=O) groups is 1. The van der Waals surface area contributed by atoms with Crippen LogP contribution < -0.4 is 0 Å². The monoisotopic (exact) mass is 312 g/mol. The van der Waals surface area contributed by atoms with Crippen molar-refractivity contribution in [2.75, 3.05) is 26.2 Å². The average molecular weight is 312 g/mol. The number of H-pyrrole nitrogens is 1. The number of aromatic nitrogens is 2. The van der Waals surface area contributed by atoms with Gasteiger partial charge < -0.3 is 4.90 Å². The molecular formula is C15H22F2N4O. The minimum atomic E-state index is -2.83. The molecule has 3 rings (SSSR count). The topological polar surface area (TPSA) is 52.2 Å². The van der Waals surface area contributed by atoms with Crippen molar-refractivity contribution < 1.29 is 13.6 Å². The van der Waals surface area contributed by atoms with Gasteiger partial charge in [0.05, 0.1) is 17.7 Å². The number of nitrogens with zero attached hydrogens (tertiary/aromatic N) is 3. The van der Waals surface area contributed by atoms with E-state index in [1.165, 1.54) is 0 Å². The molecule has 1 amide bonds. The number of aromatic amines is 1. The van der Waals surface area contributed by atoms with Crippen LogP contribution in [0.1, 0.15) is 31.2 Å². The number of hydrogen-bond acceptors (Lipinski definition) is 3. The van der Waals surface area contributed by atoms with Crippen molar-refractivity contribution in [3.63, 3.8) is 0 Å². The van der Waals surface area contributed by atoms with Crippen LogP contribution in [-0.2, 0) is 11.3 Å². The van der Waals surface area contributed by atoms with Crippen LogP contribution >= 0.6 is 0 Å². The van der Waals surface area contributed by atoms with Crippen LogP contribution in [0.15, 0.2) is 6.07 Å². The van der Waals surface area contributed by atoms with Gasteiger partial charge in [0.25, 0.3) is 5.92 Å². The maximum atomic E-state index is 14.2. The predicted octanol–water partition coefficient (Wildman–Crippen LogP) is 1.80. The Kier molecular flexibility index (Phi) is 3.71. The van der Waals surface area contributed by atoms with Gasteiger partial charge in [-0.05, 0) is 26.3 Å². The van der Waals surface area contributed by atoms with Gasteiger partial charge in [0.2, 0.25) is 5.91 Å². The lowest BCUT2D eigenvalue weighted by Gasteiger charge is -2.42. The van der Waals surface area contributed by atoms with E-state index in [2.05, 4.69) is 10.2 Å². The summed E-state index contributed by atoms with van der Waals surface area (Å²) in [7, 11) is 0. The molecule has 0 unspecified atom stereocenters. The summed E-state index contributed by atoms with van der Waals surface area (Å²) >= 11 is 0. The minimum Gasteiger partial charge on any atom is -0.342 e. The summed E-state index contributed by atoms with van der Waals surface area (Å²) in [4.78, 5) is 15.9. The van der Waals surface area contributed by atoms with E-state index in [-0.39, 0.29) is 18.9 Å². The summed E-state index contributed by atoms with van der Waals surface area (Å²) in [6.45, 7) is 5.38. The van der Waals surface area contributed by atoms with E-state index in [9.17, 15) is 13.6 Å². The molecule has 7 heteroatoms. The second kappa shape index (κ2) is 5.30. The summed E-state index contributed by atoms with van der Waals surface area (Å²) in [5.74, 6) is -2.94. The Balaban J connectivity index is 1.80. The van der Waals surface area contributed by atoms with Gasteiger partial charge in [-0.15, -0.1) is 0 Å². The third-order valence-electron chi connectivity index (χ3n) is 4.71. The molecule has 2 aliphatic heterocycles. The second-order valence-corrected chi connectivity index (χ2v) is 6.64. The number of halogens is 2. The molecule has 1 atom stereocenters. The molecule has 0 aliphatic carbocycles. The zero-order valence-electron chi connectivity index (χ0n) is 13.0. The van der Waals surface area contributed by atoms with Crippen LogP contribution in [0.2, 0.25) is 0 Å². The van der Waals surface area contributed by atoms with Crippen molar-refractivity contribution in [2.45, 2.75) is 39.2 Å². The third-order valence-corrected chi connectivity index (χ3v) is 4.71. The molecule has 2 aliphatic rings. The normalized spacial score (nSPS) is 28.7. The van der Waals surface area contributed by atoms with E-state index in [0.717, 1.165) is 11.4 Å². The molecular weight excluding hydrogens is 290 g/mol. The molecule has 0 saturated carbocycles. The van der Waals surface area contributed by atoms with Crippen LogP contribution in [0.25, 0.3) is 0 Å². The van der Waals surface area contributed by atoms with Crippen LogP contribution in [0.4, 0.5) is 8.78 Å². The Labute approximate surface area is 128 Å². The van der Waals surface area contributed by atoms with Crippen molar-refractivity contribution in [1.29, 1.82) is 0 Å². The van der Waals surface area contributed by atoms with Crippen molar-refractivity contribution in [3.05, 3.63) is 17.5 Å². The fourth-order valence-electron chi connectivity index (χ4n) is 3.82. The zero-order valence-corrected chi connectivity index (χ0v) is 13.0. The lowest BCUT2D eigenvalue weighted by atomic mass is 9.77. The standard InChI is InChI=1S/C15H22F2N4O/c1-3-21-5-4-14(13(21)22)8-15(16,17)10-20(9-14)7-12-6-11(2)18-19-12/h6H,3-5,7-10H2,1-2H3,(H,18,19)/t14-/m0/s1. The molecule has 1 N–H and O–H groups in total. The van der Waals surface area contributed by atoms with Crippen LogP contribution in [0, 0.1) is 12.3 Å². The highest BCUT2D eigenvalue weighted by Gasteiger charge is 2.56. The van der Waals surface area contributed by atoms with Crippen LogP contribution in [-0.4, -0.2) is 58.0 Å². The maximum absolute atomic E-state index is 14.2. The first-order valence-electron chi connectivity index (χ1n) is 7.74. The molecule has 1 spiro atoms. The smallest absolute Gasteiger partial charge is 0.261 e. The third kappa shape index (κ3) is 2.74. The Hall–Kier alpha value is -1.50. The number of carbonyl (C=O) groups excluding carboxylic acids is 1. The summed E-state index contributed by atoms with van der Waals surface area (Å²) < 4.78 is 28.4. The van der Waals surface area contributed by atoms with E-state index >= 15 is 0 Å². The molecule has 1 aromatic rings. The summed E-state index contributed by atoms with van der Waals surface area (Å²) in [6.07, 6.45) is 0.191. The van der Waals surface area contributed by atoms with E-state index in [4.69, 9.17) is 0 Å². The molecule has 2 fully saturated rings. The molecule has 22 heavy (non-hydrogen) atoms. The van der Waals surface area contributed by atoms with Gasteiger partial charge in [-0.3, -0.25) is 14.8 Å². The highest BCUT2D eigenvalue weighted by Crippen LogP contribution is 2.45. The van der Waals surface area contributed by atoms with Crippen LogP contribution in [0.5, 0.6) is 0 Å². The Morgan fingerprint density at radius 3 is 2.77 bits per heavy atom. The van der Waals surface area contributed by atoms with Crippen molar-refractivity contribution >= 4 is 5.91 Å². The number of alkyl halides is 2. The van der Waals surface area contributed by atoms with Gasteiger partial charge in [-0.25, -0.2) is 8.78 Å². The van der Waals surface area contributed by atoms with Crippen LogP contribution in [0.3, 0.4) is 0 Å². The van der Waals surface area contributed by atoms with Crippen molar-refractivity contribution in [1.82, 2.24) is 20.0 Å². The summed E-state index contributed by atoms with van der Waals surface area (Å²) in [5, 5.41) is 6.94. The molecule has 1 aromatic heterocycles. The summed E-state index contributed by atoms with van der Waals surface area (Å²) in [6, 6.07) is 1.86. The number of rotatable bonds is 3. The SMILES string of the molecule is CCN1CC[C@]2(CN(Cc3cc(C)[nH]n3)CC(F)(F)C2)C1=O. The maximum Gasteiger partial charge on any atom is 0.261 e. The van der Waals surface area contributed by atoms with Gasteiger partial charge >= 0.3 is 0 Å². The van der Waals surface area contributed by atoms with Crippen molar-refractivity contribution in [3.8, 4) is 0 Å². The molecule has 122 valence electrons. The average Bonchev–Trinajstić information content (AvgIpc) is 2.94. The number of amides is 1. The van der Waals surface area contributed by atoms with Gasteiger partial charge in [0, 0.05) is 38.3 Å². The Morgan fingerprint density at radius 1 is 1.41 bits per heavy atom. The number of piperidine rings is 1. The quantitative estimate of drug-likeness (QED) is 0.926. The largest absolute Gasteiger partial charge is 0.342 e. The van der Waals surface area contributed by atoms with E-state index < -0.39 is 11.3 Å². The van der Waals surface area contributed by atoms with Gasteiger partial charge in [-0.2, -0.15) is 5.10 Å². The van der Waals surface area contributed by atoms with Gasteiger partial charge in [0.1, 0.15) is 0 Å². The summed E-state index contributed by atoms with van der Waals surface area (Å²) in [5.41, 5.74) is 0.717. The molecule has 0 radical (unpaired) electrons. The minimum absolute atomic E-state index is 0.113. The van der Waals surface area contributed by atoms with Gasteiger partial charge in [-0.1, -0.05) is 0 Å². The Morgan fingerprint density at radius 2 is 2.18 bits per heavy atom. The molecule has 3 heterocycles. The fourth-order valence-corrected chi connectivity index (χ4v) is 3.82. The molecule has 0 aromatic carbocycles. The zero-order chi connectivity index (χ0) is 16.0. The highest BCUT2D eigenvalue weighted by atomic mass is 19.3. The number of likely N-dealkylation sites (tertiary alicyclic amines) is 2. The predicted molar refractivity (Wildman–Crippen MR) is 77.5 cm³/mol.